The summed E-state index contributed by atoms with van der Waals surface area (Å²) in [5, 5.41) is 6.62. The molecular weight excluding hydrogens is 214 g/mol. The van der Waals surface area contributed by atoms with Crippen LogP contribution in [0.25, 0.3) is 0 Å². The first-order valence-corrected chi connectivity index (χ1v) is 6.12. The lowest BCUT2D eigenvalue weighted by Gasteiger charge is -2.31. The molecule has 0 aromatic carbocycles. The molecule has 0 aliphatic rings. The highest BCUT2D eigenvalue weighted by atomic mass is 16.5. The number of nitrogens with one attached hydrogen (secondary N) is 2. The van der Waals surface area contributed by atoms with Crippen molar-refractivity contribution < 1.29 is 4.74 Å². The Morgan fingerprint density at radius 3 is 2.00 bits per heavy atom. The second-order valence-electron chi connectivity index (χ2n) is 6.42. The van der Waals surface area contributed by atoms with Crippen LogP contribution in [0, 0.1) is 5.41 Å². The summed E-state index contributed by atoms with van der Waals surface area (Å²) in [5.41, 5.74) is 0.120. The lowest BCUT2D eigenvalue weighted by Crippen LogP contribution is -2.50. The highest BCUT2D eigenvalue weighted by Gasteiger charge is 2.24. The van der Waals surface area contributed by atoms with Crippen molar-refractivity contribution in [2.75, 3.05) is 20.7 Å². The van der Waals surface area contributed by atoms with E-state index in [-0.39, 0.29) is 17.1 Å². The summed E-state index contributed by atoms with van der Waals surface area (Å²) in [6.45, 7) is 13.6. The zero-order valence-electron chi connectivity index (χ0n) is 12.6. The van der Waals surface area contributed by atoms with E-state index in [0.29, 0.717) is 0 Å². The van der Waals surface area contributed by atoms with Crippen LogP contribution in [0.2, 0.25) is 0 Å². The van der Waals surface area contributed by atoms with Gasteiger partial charge in [-0.2, -0.15) is 0 Å². The SMILES string of the molecule is CN=C(NCC(OC)C(C)(C)C)NC(C)(C)C. The van der Waals surface area contributed by atoms with Crippen molar-refractivity contribution in [3.05, 3.63) is 0 Å². The monoisotopic (exact) mass is 243 g/mol. The van der Waals surface area contributed by atoms with Crippen molar-refractivity contribution >= 4 is 5.96 Å². The Hall–Kier alpha value is -0.770. The summed E-state index contributed by atoms with van der Waals surface area (Å²) in [6.07, 6.45) is 0.154. The van der Waals surface area contributed by atoms with Crippen LogP contribution in [0.5, 0.6) is 0 Å². The quantitative estimate of drug-likeness (QED) is 0.589. The van der Waals surface area contributed by atoms with Gasteiger partial charge in [0, 0.05) is 26.2 Å². The number of guanidine groups is 1. The van der Waals surface area contributed by atoms with Crippen molar-refractivity contribution in [3.8, 4) is 0 Å². The Kier molecular flexibility index (Phi) is 5.96. The molecule has 4 nitrogen and oxygen atoms in total. The number of aliphatic imine (C=N–C) groups is 1. The van der Waals surface area contributed by atoms with Gasteiger partial charge in [0.05, 0.1) is 6.10 Å². The Bertz CT molecular complexity index is 248. The number of methoxy groups -OCH3 is 1. The third kappa shape index (κ3) is 7.21. The fraction of sp³-hybridized carbons (Fsp3) is 0.923. The summed E-state index contributed by atoms with van der Waals surface area (Å²) in [4.78, 5) is 4.20. The van der Waals surface area contributed by atoms with Gasteiger partial charge in [-0.15, -0.1) is 0 Å². The summed E-state index contributed by atoms with van der Waals surface area (Å²) in [5.74, 6) is 0.809. The zero-order valence-corrected chi connectivity index (χ0v) is 12.6. The third-order valence-electron chi connectivity index (χ3n) is 2.42. The Morgan fingerprint density at radius 1 is 1.18 bits per heavy atom. The van der Waals surface area contributed by atoms with Crippen molar-refractivity contribution in [2.45, 2.75) is 53.2 Å². The van der Waals surface area contributed by atoms with E-state index in [4.69, 9.17) is 4.74 Å². The molecule has 0 saturated heterocycles. The zero-order chi connectivity index (χ0) is 13.7. The first kappa shape index (κ1) is 16.2. The fourth-order valence-electron chi connectivity index (χ4n) is 1.47. The van der Waals surface area contributed by atoms with Gasteiger partial charge < -0.3 is 15.4 Å². The van der Waals surface area contributed by atoms with Crippen molar-refractivity contribution in [2.24, 2.45) is 10.4 Å². The van der Waals surface area contributed by atoms with E-state index in [2.05, 4.69) is 57.2 Å². The molecule has 1 unspecified atom stereocenters. The van der Waals surface area contributed by atoms with Gasteiger partial charge in [-0.05, 0) is 26.2 Å². The fourth-order valence-corrected chi connectivity index (χ4v) is 1.47. The van der Waals surface area contributed by atoms with E-state index in [9.17, 15) is 0 Å². The number of rotatable bonds is 3. The van der Waals surface area contributed by atoms with E-state index < -0.39 is 0 Å². The number of ether oxygens (including phenoxy) is 1. The summed E-state index contributed by atoms with van der Waals surface area (Å²) in [6, 6.07) is 0. The van der Waals surface area contributed by atoms with E-state index in [1.54, 1.807) is 14.2 Å². The number of hydrogen-bond donors (Lipinski definition) is 2. The molecule has 17 heavy (non-hydrogen) atoms. The van der Waals surface area contributed by atoms with Crippen LogP contribution in [0.15, 0.2) is 4.99 Å². The second kappa shape index (κ2) is 6.24. The topological polar surface area (TPSA) is 45.7 Å². The van der Waals surface area contributed by atoms with Crippen molar-refractivity contribution in [1.29, 1.82) is 0 Å². The number of hydrogen-bond acceptors (Lipinski definition) is 2. The molecule has 102 valence electrons. The minimum Gasteiger partial charge on any atom is -0.379 e. The minimum atomic E-state index is 0.00610. The Labute approximate surface area is 106 Å². The molecule has 1 atom stereocenters. The molecule has 2 N–H and O–H groups in total. The molecule has 0 aliphatic carbocycles. The summed E-state index contributed by atoms with van der Waals surface area (Å²) in [7, 11) is 3.53. The van der Waals surface area contributed by atoms with Gasteiger partial charge in [0.1, 0.15) is 0 Å². The number of nitrogens with zero attached hydrogens (tertiary/aromatic N) is 1. The normalized spacial score (nSPS) is 15.6. The van der Waals surface area contributed by atoms with Crippen LogP contribution in [0.1, 0.15) is 41.5 Å². The maximum absolute atomic E-state index is 5.49. The summed E-state index contributed by atoms with van der Waals surface area (Å²) < 4.78 is 5.49. The van der Waals surface area contributed by atoms with Crippen LogP contribution in [0.4, 0.5) is 0 Å². The van der Waals surface area contributed by atoms with Gasteiger partial charge >= 0.3 is 0 Å². The molecule has 4 heteroatoms. The third-order valence-corrected chi connectivity index (χ3v) is 2.42. The average molecular weight is 243 g/mol. The lowest BCUT2D eigenvalue weighted by atomic mass is 9.89. The van der Waals surface area contributed by atoms with Crippen LogP contribution in [0.3, 0.4) is 0 Å². The second-order valence-corrected chi connectivity index (χ2v) is 6.42. The molecule has 0 bridgehead atoms. The molecule has 0 amide bonds. The van der Waals surface area contributed by atoms with Crippen molar-refractivity contribution in [3.63, 3.8) is 0 Å². The maximum atomic E-state index is 5.49. The van der Waals surface area contributed by atoms with Gasteiger partial charge in [0.2, 0.25) is 0 Å². The van der Waals surface area contributed by atoms with E-state index in [1.807, 2.05) is 0 Å². The maximum Gasteiger partial charge on any atom is 0.191 e. The van der Waals surface area contributed by atoms with E-state index >= 15 is 0 Å². The van der Waals surface area contributed by atoms with E-state index in [0.717, 1.165) is 12.5 Å². The molecule has 0 aromatic heterocycles. The molecule has 0 radical (unpaired) electrons. The van der Waals surface area contributed by atoms with Crippen LogP contribution in [-0.4, -0.2) is 38.3 Å². The predicted molar refractivity (Wildman–Crippen MR) is 74.5 cm³/mol. The molecule has 0 rings (SSSR count). The lowest BCUT2D eigenvalue weighted by molar-refractivity contribution is 0.0204. The highest BCUT2D eigenvalue weighted by Crippen LogP contribution is 2.20. The average Bonchev–Trinajstić information content (AvgIpc) is 2.12. The molecule has 0 spiro atoms. The molecule has 0 saturated carbocycles. The molecule has 0 fully saturated rings. The minimum absolute atomic E-state index is 0.00610. The summed E-state index contributed by atoms with van der Waals surface area (Å²) >= 11 is 0. The largest absolute Gasteiger partial charge is 0.379 e. The predicted octanol–water partition coefficient (Wildman–Crippen LogP) is 2.01. The van der Waals surface area contributed by atoms with Crippen LogP contribution in [-0.2, 0) is 4.74 Å². The van der Waals surface area contributed by atoms with Crippen LogP contribution >= 0.6 is 0 Å². The smallest absolute Gasteiger partial charge is 0.191 e. The van der Waals surface area contributed by atoms with Crippen LogP contribution < -0.4 is 10.6 Å². The van der Waals surface area contributed by atoms with Gasteiger partial charge in [0.25, 0.3) is 0 Å². The first-order valence-electron chi connectivity index (χ1n) is 6.12. The van der Waals surface area contributed by atoms with Gasteiger partial charge in [-0.3, -0.25) is 4.99 Å². The molecule has 0 aromatic rings. The standard InChI is InChI=1S/C13H29N3O/c1-12(2,3)10(17-8)9-15-11(14-7)16-13(4,5)6/h10H,9H2,1-8H3,(H2,14,15,16). The van der Waals surface area contributed by atoms with Crippen molar-refractivity contribution in [1.82, 2.24) is 10.6 Å². The first-order chi connectivity index (χ1) is 7.60. The Balaban J connectivity index is 4.34. The van der Waals surface area contributed by atoms with E-state index in [1.165, 1.54) is 0 Å². The highest BCUT2D eigenvalue weighted by molar-refractivity contribution is 5.80. The molecular formula is C13H29N3O. The molecule has 0 aliphatic heterocycles. The van der Waals surface area contributed by atoms with Gasteiger partial charge in [0.15, 0.2) is 5.96 Å². The van der Waals surface area contributed by atoms with Gasteiger partial charge in [-0.25, -0.2) is 0 Å². The Morgan fingerprint density at radius 2 is 1.71 bits per heavy atom. The van der Waals surface area contributed by atoms with Gasteiger partial charge in [-0.1, -0.05) is 20.8 Å². The molecule has 0 heterocycles.